The van der Waals surface area contributed by atoms with Crippen LogP contribution in [0, 0.1) is 0 Å². The Hall–Kier alpha value is -1.39. The lowest BCUT2D eigenvalue weighted by molar-refractivity contribution is 0.310. The summed E-state index contributed by atoms with van der Waals surface area (Å²) in [6.45, 7) is 1.60. The molecule has 0 radical (unpaired) electrons. The normalized spacial score (nSPS) is 14.5. The first-order valence-electron chi connectivity index (χ1n) is 6.73. The molecule has 2 aromatic heterocycles. The predicted molar refractivity (Wildman–Crippen MR) is 77.6 cm³/mol. The first-order chi connectivity index (χ1) is 9.40. The van der Waals surface area contributed by atoms with Crippen molar-refractivity contribution in [3.63, 3.8) is 0 Å². The van der Waals surface area contributed by atoms with E-state index >= 15 is 0 Å². The highest BCUT2D eigenvalue weighted by atomic mass is 32.1. The number of pyridine rings is 1. The monoisotopic (exact) mass is 274 g/mol. The molecular formula is C15H18N2OS. The molecule has 0 bridgehead atoms. The Morgan fingerprint density at radius 2 is 2.26 bits per heavy atom. The Morgan fingerprint density at radius 3 is 2.95 bits per heavy atom. The average Bonchev–Trinajstić information content (AvgIpc) is 3.13. The molecule has 0 aliphatic heterocycles. The van der Waals surface area contributed by atoms with Crippen LogP contribution in [-0.2, 0) is 13.0 Å². The van der Waals surface area contributed by atoms with Gasteiger partial charge in [0, 0.05) is 36.1 Å². The molecule has 1 N–H and O–H groups in total. The lowest BCUT2D eigenvalue weighted by Gasteiger charge is -2.06. The number of aromatic nitrogens is 1. The second-order valence-electron chi connectivity index (χ2n) is 4.84. The molecule has 2 aromatic rings. The van der Waals surface area contributed by atoms with Gasteiger partial charge in [-0.15, -0.1) is 11.3 Å². The maximum Gasteiger partial charge on any atom is 0.213 e. The van der Waals surface area contributed by atoms with Gasteiger partial charge in [-0.1, -0.05) is 12.1 Å². The third kappa shape index (κ3) is 4.04. The zero-order valence-corrected chi connectivity index (χ0v) is 11.7. The van der Waals surface area contributed by atoms with E-state index in [1.54, 1.807) is 11.3 Å². The largest absolute Gasteiger partial charge is 0.477 e. The SMILES string of the molecule is c1csc(CCOc2ccc(CNC3CC3)cn2)c1. The van der Waals surface area contributed by atoms with Gasteiger partial charge in [-0.25, -0.2) is 4.98 Å². The summed E-state index contributed by atoms with van der Waals surface area (Å²) in [4.78, 5) is 5.69. The summed E-state index contributed by atoms with van der Waals surface area (Å²) in [5.41, 5.74) is 1.22. The van der Waals surface area contributed by atoms with Gasteiger partial charge >= 0.3 is 0 Å². The van der Waals surface area contributed by atoms with Gasteiger partial charge in [0.05, 0.1) is 6.61 Å². The first-order valence-corrected chi connectivity index (χ1v) is 7.61. The number of nitrogens with zero attached hydrogens (tertiary/aromatic N) is 1. The number of ether oxygens (including phenoxy) is 1. The van der Waals surface area contributed by atoms with Crippen LogP contribution in [0.25, 0.3) is 0 Å². The highest BCUT2D eigenvalue weighted by Crippen LogP contribution is 2.19. The highest BCUT2D eigenvalue weighted by molar-refractivity contribution is 7.09. The number of nitrogens with one attached hydrogen (secondary N) is 1. The van der Waals surface area contributed by atoms with Gasteiger partial charge in [0.1, 0.15) is 0 Å². The van der Waals surface area contributed by atoms with Gasteiger partial charge in [0.25, 0.3) is 0 Å². The summed E-state index contributed by atoms with van der Waals surface area (Å²) < 4.78 is 5.65. The summed E-state index contributed by atoms with van der Waals surface area (Å²) in [5.74, 6) is 0.715. The van der Waals surface area contributed by atoms with E-state index < -0.39 is 0 Å². The Labute approximate surface area is 117 Å². The molecule has 0 atom stereocenters. The van der Waals surface area contributed by atoms with E-state index in [9.17, 15) is 0 Å². The lowest BCUT2D eigenvalue weighted by atomic mass is 10.3. The molecule has 2 heterocycles. The first kappa shape index (κ1) is 12.6. The molecule has 3 rings (SSSR count). The standard InChI is InChI=1S/C15H18N2OS/c1-2-14(19-9-1)7-8-18-15-6-3-12(11-17-15)10-16-13-4-5-13/h1-3,6,9,11,13,16H,4-5,7-8,10H2. The second kappa shape index (κ2) is 6.17. The molecule has 1 aliphatic carbocycles. The molecule has 1 fully saturated rings. The summed E-state index contributed by atoms with van der Waals surface area (Å²) >= 11 is 1.77. The van der Waals surface area contributed by atoms with Gasteiger partial charge in [-0.3, -0.25) is 0 Å². The zero-order chi connectivity index (χ0) is 12.9. The topological polar surface area (TPSA) is 34.1 Å². The second-order valence-corrected chi connectivity index (χ2v) is 5.87. The van der Waals surface area contributed by atoms with Crippen LogP contribution in [0.4, 0.5) is 0 Å². The van der Waals surface area contributed by atoms with Crippen molar-refractivity contribution in [3.05, 3.63) is 46.3 Å². The van der Waals surface area contributed by atoms with E-state index in [1.165, 1.54) is 23.3 Å². The minimum absolute atomic E-state index is 0.688. The molecule has 19 heavy (non-hydrogen) atoms. The fourth-order valence-electron chi connectivity index (χ4n) is 1.86. The van der Waals surface area contributed by atoms with Crippen molar-refractivity contribution in [2.45, 2.75) is 31.8 Å². The number of thiophene rings is 1. The van der Waals surface area contributed by atoms with Gasteiger partial charge in [-0.2, -0.15) is 0 Å². The van der Waals surface area contributed by atoms with Gasteiger partial charge in [-0.05, 0) is 29.9 Å². The Morgan fingerprint density at radius 1 is 1.32 bits per heavy atom. The molecule has 100 valence electrons. The molecule has 1 aliphatic rings. The summed E-state index contributed by atoms with van der Waals surface area (Å²) in [7, 11) is 0. The van der Waals surface area contributed by atoms with Crippen molar-refractivity contribution in [3.8, 4) is 5.88 Å². The molecule has 0 spiro atoms. The number of rotatable bonds is 7. The molecule has 0 aromatic carbocycles. The van der Waals surface area contributed by atoms with Crippen molar-refractivity contribution < 1.29 is 4.74 Å². The summed E-state index contributed by atoms with van der Waals surface area (Å²) in [6.07, 6.45) is 5.48. The molecule has 3 nitrogen and oxygen atoms in total. The van der Waals surface area contributed by atoms with E-state index in [1.807, 2.05) is 12.3 Å². The van der Waals surface area contributed by atoms with Crippen LogP contribution in [0.15, 0.2) is 35.8 Å². The lowest BCUT2D eigenvalue weighted by Crippen LogP contribution is -2.15. The fourth-order valence-corrected chi connectivity index (χ4v) is 2.55. The molecular weight excluding hydrogens is 256 g/mol. The van der Waals surface area contributed by atoms with Crippen LogP contribution >= 0.6 is 11.3 Å². The van der Waals surface area contributed by atoms with Crippen LogP contribution in [-0.4, -0.2) is 17.6 Å². The van der Waals surface area contributed by atoms with Crippen molar-refractivity contribution >= 4 is 11.3 Å². The molecule has 0 unspecified atom stereocenters. The summed E-state index contributed by atoms with van der Waals surface area (Å²) in [5, 5.41) is 5.57. The molecule has 4 heteroatoms. The Bertz CT molecular complexity index is 491. The minimum atomic E-state index is 0.688. The van der Waals surface area contributed by atoms with Crippen molar-refractivity contribution in [1.29, 1.82) is 0 Å². The third-order valence-corrected chi connectivity index (χ3v) is 4.08. The van der Waals surface area contributed by atoms with E-state index in [0.717, 1.165) is 19.0 Å². The third-order valence-electron chi connectivity index (χ3n) is 3.15. The Balaban J connectivity index is 1.42. The zero-order valence-electron chi connectivity index (χ0n) is 10.8. The molecule has 1 saturated carbocycles. The van der Waals surface area contributed by atoms with Crippen LogP contribution < -0.4 is 10.1 Å². The fraction of sp³-hybridized carbons (Fsp3) is 0.400. The maximum atomic E-state index is 5.65. The maximum absolute atomic E-state index is 5.65. The van der Waals surface area contributed by atoms with Gasteiger partial charge in [0.2, 0.25) is 5.88 Å². The average molecular weight is 274 g/mol. The smallest absolute Gasteiger partial charge is 0.213 e. The van der Waals surface area contributed by atoms with Gasteiger partial charge in [0.15, 0.2) is 0 Å². The predicted octanol–water partition coefficient (Wildman–Crippen LogP) is 3.02. The van der Waals surface area contributed by atoms with E-state index in [-0.39, 0.29) is 0 Å². The molecule has 0 saturated heterocycles. The Kier molecular flexibility index (Phi) is 4.10. The van der Waals surface area contributed by atoms with Crippen LogP contribution in [0.1, 0.15) is 23.3 Å². The van der Waals surface area contributed by atoms with E-state index in [2.05, 4.69) is 33.9 Å². The van der Waals surface area contributed by atoms with Crippen LogP contribution in [0.5, 0.6) is 5.88 Å². The van der Waals surface area contributed by atoms with Crippen molar-refractivity contribution in [2.24, 2.45) is 0 Å². The van der Waals surface area contributed by atoms with Crippen molar-refractivity contribution in [2.75, 3.05) is 6.61 Å². The van der Waals surface area contributed by atoms with E-state index in [4.69, 9.17) is 4.74 Å². The number of hydrogen-bond donors (Lipinski definition) is 1. The van der Waals surface area contributed by atoms with Crippen molar-refractivity contribution in [1.82, 2.24) is 10.3 Å². The van der Waals surface area contributed by atoms with Crippen LogP contribution in [0.2, 0.25) is 0 Å². The summed E-state index contributed by atoms with van der Waals surface area (Å²) in [6, 6.07) is 8.98. The molecule has 0 amide bonds. The van der Waals surface area contributed by atoms with Gasteiger partial charge < -0.3 is 10.1 Å². The number of hydrogen-bond acceptors (Lipinski definition) is 4. The highest BCUT2D eigenvalue weighted by Gasteiger charge is 2.19. The van der Waals surface area contributed by atoms with Crippen LogP contribution in [0.3, 0.4) is 0 Å². The minimum Gasteiger partial charge on any atom is -0.477 e. The quantitative estimate of drug-likeness (QED) is 0.842. The van der Waals surface area contributed by atoms with E-state index in [0.29, 0.717) is 12.5 Å².